The molecular formula is C6H15NO3. The Kier molecular flexibility index (Phi) is 13.6. The lowest BCUT2D eigenvalue weighted by Gasteiger charge is -1.86. The van der Waals surface area contributed by atoms with Gasteiger partial charge >= 0.3 is 5.97 Å². The highest BCUT2D eigenvalue weighted by Gasteiger charge is 1.77. The van der Waals surface area contributed by atoms with E-state index in [4.69, 9.17) is 4.74 Å². The van der Waals surface area contributed by atoms with E-state index in [-0.39, 0.29) is 0 Å². The molecule has 4 nitrogen and oxygen atoms in total. The van der Waals surface area contributed by atoms with Gasteiger partial charge in [-0.25, -0.2) is 0 Å². The molecule has 0 aliphatic carbocycles. The number of rotatable bonds is 2. The molecule has 4 heteroatoms. The van der Waals surface area contributed by atoms with Crippen molar-refractivity contribution in [1.29, 1.82) is 0 Å². The molecule has 2 N–H and O–H groups in total. The van der Waals surface area contributed by atoms with E-state index < -0.39 is 5.97 Å². The second-order valence-electron chi connectivity index (χ2n) is 1.39. The molecule has 0 fully saturated rings. The quantitative estimate of drug-likeness (QED) is 0.579. The van der Waals surface area contributed by atoms with Gasteiger partial charge in [-0.2, -0.15) is 5.90 Å². The molecule has 0 aliphatic rings. The maximum absolute atomic E-state index is 9.47. The fraction of sp³-hybridized carbons (Fsp3) is 0.833. The fourth-order valence-electron chi connectivity index (χ4n) is 0.204. The summed E-state index contributed by atoms with van der Waals surface area (Å²) < 4.78 is 4.83. The molecule has 0 aromatic carbocycles. The second kappa shape index (κ2) is 11.2. The summed E-state index contributed by atoms with van der Waals surface area (Å²) in [6.07, 6.45) is 0. The van der Waals surface area contributed by atoms with Gasteiger partial charge in [0.1, 0.15) is 0 Å². The van der Waals surface area contributed by atoms with Gasteiger partial charge in [0.25, 0.3) is 0 Å². The van der Waals surface area contributed by atoms with Crippen molar-refractivity contribution in [2.75, 3.05) is 13.2 Å². The molecule has 0 unspecified atom stereocenters. The monoisotopic (exact) mass is 149 g/mol. The third kappa shape index (κ3) is 26.3. The maximum Gasteiger partial charge on any atom is 0.321 e. The summed E-state index contributed by atoms with van der Waals surface area (Å²) >= 11 is 0. The van der Waals surface area contributed by atoms with Gasteiger partial charge in [0.15, 0.2) is 0 Å². The van der Waals surface area contributed by atoms with Gasteiger partial charge in [-0.15, -0.1) is 0 Å². The molecular weight excluding hydrogens is 134 g/mol. The van der Waals surface area contributed by atoms with Crippen molar-refractivity contribution >= 4 is 5.97 Å². The Morgan fingerprint density at radius 3 is 1.70 bits per heavy atom. The Morgan fingerprint density at radius 2 is 1.70 bits per heavy atom. The first-order valence-electron chi connectivity index (χ1n) is 3.14. The predicted molar refractivity (Wildman–Crippen MR) is 38.1 cm³/mol. The Bertz CT molecular complexity index is 73.4. The molecule has 0 rings (SSSR count). The summed E-state index contributed by atoms with van der Waals surface area (Å²) in [5.74, 6) is 3.85. The number of ether oxygens (including phenoxy) is 1. The average molecular weight is 149 g/mol. The maximum atomic E-state index is 9.47. The van der Waals surface area contributed by atoms with Gasteiger partial charge in [0.2, 0.25) is 0 Å². The second-order valence-corrected chi connectivity index (χ2v) is 1.39. The minimum atomic E-state index is -0.468. The molecule has 0 heterocycles. The Balaban J connectivity index is 0. The van der Waals surface area contributed by atoms with Crippen LogP contribution in [0, 0.1) is 0 Å². The zero-order valence-corrected chi connectivity index (χ0v) is 6.72. The van der Waals surface area contributed by atoms with E-state index in [1.165, 1.54) is 6.92 Å². The standard InChI is InChI=1S/C4H10O.C2H5NO2/c1-3-5-4-2;1-2(4)5-3/h3-4H2,1-2H3;3H2,1H3. The topological polar surface area (TPSA) is 61.5 Å². The van der Waals surface area contributed by atoms with Crippen LogP contribution in [0.25, 0.3) is 0 Å². The predicted octanol–water partition coefficient (Wildman–Crippen LogP) is 0.466. The lowest BCUT2D eigenvalue weighted by Crippen LogP contribution is -2.03. The summed E-state index contributed by atoms with van der Waals surface area (Å²) in [5.41, 5.74) is 0. The fourth-order valence-corrected chi connectivity index (χ4v) is 0.204. The molecule has 0 aromatic rings. The number of carbonyl (C=O) groups is 1. The molecule has 0 saturated heterocycles. The summed E-state index contributed by atoms with van der Waals surface area (Å²) in [5, 5.41) is 0. The zero-order chi connectivity index (χ0) is 8.41. The molecule has 62 valence electrons. The molecule has 0 amide bonds. The van der Waals surface area contributed by atoms with Gasteiger partial charge in [-0.05, 0) is 13.8 Å². The van der Waals surface area contributed by atoms with E-state index in [9.17, 15) is 4.79 Å². The summed E-state index contributed by atoms with van der Waals surface area (Å²) in [4.78, 5) is 13.1. The Morgan fingerprint density at radius 1 is 1.40 bits per heavy atom. The van der Waals surface area contributed by atoms with Crippen molar-refractivity contribution in [2.45, 2.75) is 20.8 Å². The first-order valence-corrected chi connectivity index (χ1v) is 3.14. The number of nitrogens with two attached hydrogens (primary N) is 1. The highest BCUT2D eigenvalue weighted by Crippen LogP contribution is 1.64. The molecule has 0 aromatic heterocycles. The van der Waals surface area contributed by atoms with Crippen molar-refractivity contribution < 1.29 is 14.4 Å². The first kappa shape index (κ1) is 12.1. The van der Waals surface area contributed by atoms with E-state index in [0.717, 1.165) is 13.2 Å². The molecule has 0 radical (unpaired) electrons. The largest absolute Gasteiger partial charge is 0.382 e. The molecule has 0 aliphatic heterocycles. The van der Waals surface area contributed by atoms with E-state index >= 15 is 0 Å². The molecule has 0 bridgehead atoms. The van der Waals surface area contributed by atoms with Crippen LogP contribution in [-0.2, 0) is 14.4 Å². The molecule has 10 heavy (non-hydrogen) atoms. The van der Waals surface area contributed by atoms with Crippen LogP contribution in [0.4, 0.5) is 0 Å². The smallest absolute Gasteiger partial charge is 0.321 e. The minimum absolute atomic E-state index is 0.468. The Hall–Kier alpha value is -0.610. The van der Waals surface area contributed by atoms with Crippen LogP contribution in [-0.4, -0.2) is 19.2 Å². The lowest BCUT2D eigenvalue weighted by atomic mass is 10.8. The summed E-state index contributed by atoms with van der Waals surface area (Å²) in [6, 6.07) is 0. The average Bonchev–Trinajstić information content (AvgIpc) is 1.91. The van der Waals surface area contributed by atoms with E-state index in [2.05, 4.69) is 10.7 Å². The van der Waals surface area contributed by atoms with Gasteiger partial charge < -0.3 is 9.57 Å². The van der Waals surface area contributed by atoms with Crippen LogP contribution in [0.15, 0.2) is 0 Å². The van der Waals surface area contributed by atoms with Crippen molar-refractivity contribution in [3.8, 4) is 0 Å². The first-order chi connectivity index (χ1) is 4.68. The van der Waals surface area contributed by atoms with Crippen molar-refractivity contribution in [2.24, 2.45) is 5.90 Å². The van der Waals surface area contributed by atoms with Crippen LogP contribution < -0.4 is 5.90 Å². The minimum Gasteiger partial charge on any atom is -0.382 e. The molecule has 0 saturated carbocycles. The van der Waals surface area contributed by atoms with Gasteiger partial charge in [0, 0.05) is 20.1 Å². The Labute approximate surface area is 61.3 Å². The highest BCUT2D eigenvalue weighted by molar-refractivity contribution is 5.65. The summed E-state index contributed by atoms with van der Waals surface area (Å²) in [6.45, 7) is 6.90. The normalized spacial score (nSPS) is 7.60. The van der Waals surface area contributed by atoms with Crippen LogP contribution in [0.1, 0.15) is 20.8 Å². The molecule has 0 atom stereocenters. The lowest BCUT2D eigenvalue weighted by molar-refractivity contribution is -0.141. The third-order valence-electron chi connectivity index (χ3n) is 0.574. The van der Waals surface area contributed by atoms with Crippen LogP contribution in [0.5, 0.6) is 0 Å². The van der Waals surface area contributed by atoms with Crippen molar-refractivity contribution in [3.63, 3.8) is 0 Å². The third-order valence-corrected chi connectivity index (χ3v) is 0.574. The van der Waals surface area contributed by atoms with Crippen LogP contribution >= 0.6 is 0 Å². The number of carbonyl (C=O) groups excluding carboxylic acids is 1. The van der Waals surface area contributed by atoms with Gasteiger partial charge in [-0.1, -0.05) is 0 Å². The van der Waals surface area contributed by atoms with E-state index in [0.29, 0.717) is 0 Å². The van der Waals surface area contributed by atoms with E-state index in [1.54, 1.807) is 0 Å². The van der Waals surface area contributed by atoms with Crippen molar-refractivity contribution in [3.05, 3.63) is 0 Å². The SMILES string of the molecule is CC(=O)ON.CCOCC. The van der Waals surface area contributed by atoms with Crippen LogP contribution in [0.3, 0.4) is 0 Å². The van der Waals surface area contributed by atoms with Crippen molar-refractivity contribution in [1.82, 2.24) is 0 Å². The van der Waals surface area contributed by atoms with Crippen LogP contribution in [0.2, 0.25) is 0 Å². The summed E-state index contributed by atoms with van der Waals surface area (Å²) in [7, 11) is 0. The van der Waals surface area contributed by atoms with Gasteiger partial charge in [0.05, 0.1) is 0 Å². The number of hydrogen-bond donors (Lipinski definition) is 1. The van der Waals surface area contributed by atoms with E-state index in [1.807, 2.05) is 13.8 Å². The highest BCUT2D eigenvalue weighted by atomic mass is 16.7. The zero-order valence-electron chi connectivity index (χ0n) is 6.72. The molecule has 0 spiro atoms. The number of hydrogen-bond acceptors (Lipinski definition) is 4. The van der Waals surface area contributed by atoms with Gasteiger partial charge in [-0.3, -0.25) is 4.79 Å².